The highest BCUT2D eigenvalue weighted by Crippen LogP contribution is 2.61. The van der Waals surface area contributed by atoms with E-state index >= 15 is 0 Å². The summed E-state index contributed by atoms with van der Waals surface area (Å²) in [5, 5.41) is 18.9. The van der Waals surface area contributed by atoms with Crippen LogP contribution in [0.5, 0.6) is 0 Å². The monoisotopic (exact) mass is 236 g/mol. The zero-order chi connectivity index (χ0) is 13.3. The average molecular weight is 236 g/mol. The smallest absolute Gasteiger partial charge is 0.179 e. The van der Waals surface area contributed by atoms with E-state index in [4.69, 9.17) is 5.26 Å². The van der Waals surface area contributed by atoms with Crippen molar-refractivity contribution in [3.63, 3.8) is 0 Å². The van der Waals surface area contributed by atoms with Gasteiger partial charge in [0, 0.05) is 13.1 Å². The van der Waals surface area contributed by atoms with Crippen molar-refractivity contribution in [2.24, 2.45) is 17.3 Å². The summed E-state index contributed by atoms with van der Waals surface area (Å²) in [6.45, 7) is 13.2. The Morgan fingerprint density at radius 1 is 1.47 bits per heavy atom. The quantitative estimate of drug-likeness (QED) is 0.437. The lowest BCUT2D eigenvalue weighted by atomic mass is 9.97. The van der Waals surface area contributed by atoms with Gasteiger partial charge in [0.25, 0.3) is 0 Å². The predicted molar refractivity (Wildman–Crippen MR) is 69.1 cm³/mol. The molecule has 3 nitrogen and oxygen atoms in total. The van der Waals surface area contributed by atoms with Crippen LogP contribution < -0.4 is 0 Å². The van der Waals surface area contributed by atoms with Crippen molar-refractivity contribution in [2.45, 2.75) is 39.7 Å². The highest BCUT2D eigenvalue weighted by Gasteiger charge is 2.58. The van der Waals surface area contributed by atoms with Crippen molar-refractivity contribution in [2.75, 3.05) is 13.1 Å². The van der Waals surface area contributed by atoms with Crippen molar-refractivity contribution >= 4 is 0 Å². The van der Waals surface area contributed by atoms with Gasteiger partial charge in [0.05, 0.1) is 5.60 Å². The number of nitriles is 1. The number of aliphatic hydroxyl groups is 1. The Hall–Kier alpha value is -1.01. The molecular weight excluding hydrogens is 212 g/mol. The minimum atomic E-state index is -0.618. The van der Waals surface area contributed by atoms with Gasteiger partial charge in [-0.1, -0.05) is 19.9 Å². The second-order valence-electron chi connectivity index (χ2n) is 6.34. The lowest BCUT2D eigenvalue weighted by Crippen LogP contribution is -2.23. The highest BCUT2D eigenvalue weighted by atomic mass is 16.3. The summed E-state index contributed by atoms with van der Waals surface area (Å²) < 4.78 is 0. The van der Waals surface area contributed by atoms with E-state index in [1.807, 2.05) is 13.8 Å². The summed E-state index contributed by atoms with van der Waals surface area (Å²) >= 11 is 0. The van der Waals surface area contributed by atoms with Crippen LogP contribution in [0.2, 0.25) is 0 Å². The van der Waals surface area contributed by atoms with Crippen molar-refractivity contribution in [3.8, 4) is 6.19 Å². The van der Waals surface area contributed by atoms with Crippen LogP contribution >= 0.6 is 0 Å². The fourth-order valence-corrected chi connectivity index (χ4v) is 2.71. The van der Waals surface area contributed by atoms with Gasteiger partial charge in [-0.05, 0) is 37.5 Å². The summed E-state index contributed by atoms with van der Waals surface area (Å²) in [6, 6.07) is 0. The van der Waals surface area contributed by atoms with E-state index in [9.17, 15) is 5.11 Å². The Bertz CT molecular complexity index is 322. The van der Waals surface area contributed by atoms with Crippen LogP contribution in [0.3, 0.4) is 0 Å². The molecule has 0 aliphatic heterocycles. The van der Waals surface area contributed by atoms with Crippen LogP contribution in [0.15, 0.2) is 12.7 Å². The molecule has 0 aromatic carbocycles. The molecule has 0 aromatic heterocycles. The molecule has 0 bridgehead atoms. The van der Waals surface area contributed by atoms with Gasteiger partial charge in [0.2, 0.25) is 0 Å². The van der Waals surface area contributed by atoms with E-state index in [1.54, 1.807) is 11.0 Å². The topological polar surface area (TPSA) is 47.3 Å². The fourth-order valence-electron chi connectivity index (χ4n) is 2.71. The van der Waals surface area contributed by atoms with Gasteiger partial charge < -0.3 is 10.0 Å². The third-order valence-electron chi connectivity index (χ3n) is 3.92. The maximum atomic E-state index is 9.88. The maximum absolute atomic E-state index is 9.88. The van der Waals surface area contributed by atoms with Gasteiger partial charge in [0.1, 0.15) is 0 Å². The second kappa shape index (κ2) is 4.70. The third kappa shape index (κ3) is 3.47. The summed E-state index contributed by atoms with van der Waals surface area (Å²) in [7, 11) is 0. The first kappa shape index (κ1) is 14.1. The molecule has 0 saturated heterocycles. The van der Waals surface area contributed by atoms with Crippen LogP contribution in [0.25, 0.3) is 0 Å². The molecule has 1 N–H and O–H groups in total. The first-order valence-electron chi connectivity index (χ1n) is 6.20. The lowest BCUT2D eigenvalue weighted by molar-refractivity contribution is 0.0600. The van der Waals surface area contributed by atoms with Crippen molar-refractivity contribution < 1.29 is 5.11 Å². The van der Waals surface area contributed by atoms with Crippen LogP contribution in [0, 0.1) is 28.7 Å². The zero-order valence-electron chi connectivity index (χ0n) is 11.4. The first-order valence-corrected chi connectivity index (χ1v) is 6.20. The molecule has 0 unspecified atom stereocenters. The Labute approximate surface area is 105 Å². The number of hydrogen-bond acceptors (Lipinski definition) is 3. The molecule has 96 valence electrons. The van der Waals surface area contributed by atoms with Crippen LogP contribution in [-0.2, 0) is 0 Å². The predicted octanol–water partition coefficient (Wildman–Crippen LogP) is 2.39. The molecular formula is C14H24N2O. The number of nitrogens with zero attached hydrogens (tertiary/aromatic N) is 2. The molecule has 1 fully saturated rings. The van der Waals surface area contributed by atoms with Crippen LogP contribution in [0.1, 0.15) is 34.1 Å². The molecule has 1 aliphatic carbocycles. The third-order valence-corrected chi connectivity index (χ3v) is 3.92. The molecule has 0 aromatic rings. The fraction of sp³-hybridized carbons (Fsp3) is 0.786. The Kier molecular flexibility index (Phi) is 3.88. The molecule has 1 rings (SSSR count). The second-order valence-corrected chi connectivity index (χ2v) is 6.34. The first-order chi connectivity index (χ1) is 7.72. The molecule has 2 atom stereocenters. The van der Waals surface area contributed by atoms with Gasteiger partial charge in [-0.3, -0.25) is 0 Å². The normalized spacial score (nSPS) is 26.1. The van der Waals surface area contributed by atoms with E-state index in [0.717, 1.165) is 13.0 Å². The molecule has 17 heavy (non-hydrogen) atoms. The van der Waals surface area contributed by atoms with Crippen molar-refractivity contribution in [1.29, 1.82) is 5.26 Å². The van der Waals surface area contributed by atoms with Crippen molar-refractivity contribution in [1.82, 2.24) is 4.90 Å². The molecule has 1 saturated carbocycles. The van der Waals surface area contributed by atoms with Gasteiger partial charge in [-0.25, -0.2) is 0 Å². The summed E-state index contributed by atoms with van der Waals surface area (Å²) in [5.41, 5.74) is -0.386. The molecule has 1 aliphatic rings. The Morgan fingerprint density at radius 3 is 2.47 bits per heavy atom. The van der Waals surface area contributed by atoms with E-state index in [1.165, 1.54) is 0 Å². The molecule has 0 heterocycles. The maximum Gasteiger partial charge on any atom is 0.179 e. The molecule has 3 heteroatoms. The van der Waals surface area contributed by atoms with E-state index in [2.05, 4.69) is 26.6 Å². The molecule has 0 amide bonds. The van der Waals surface area contributed by atoms with E-state index < -0.39 is 5.60 Å². The van der Waals surface area contributed by atoms with Gasteiger partial charge in [-0.15, -0.1) is 6.58 Å². The summed E-state index contributed by atoms with van der Waals surface area (Å²) in [4.78, 5) is 1.74. The number of hydrogen-bond donors (Lipinski definition) is 1. The van der Waals surface area contributed by atoms with Gasteiger partial charge in [-0.2, -0.15) is 5.26 Å². The standard InChI is InChI=1S/C14H24N2O/c1-6-7-16(10-15)9-12-11(14(12,4)5)8-13(2,3)17/h6,11-12,17H,1,7-9H2,2-5H3/t11-,12+/m1/s1. The zero-order valence-corrected chi connectivity index (χ0v) is 11.4. The van der Waals surface area contributed by atoms with Crippen LogP contribution in [0.4, 0.5) is 0 Å². The molecule has 0 spiro atoms. The van der Waals surface area contributed by atoms with E-state index in [0.29, 0.717) is 18.4 Å². The van der Waals surface area contributed by atoms with Crippen molar-refractivity contribution in [3.05, 3.63) is 12.7 Å². The van der Waals surface area contributed by atoms with Crippen LogP contribution in [-0.4, -0.2) is 28.7 Å². The molecule has 0 radical (unpaired) electrons. The SMILES string of the molecule is C=CCN(C#N)C[C@H]1[C@@H](CC(C)(C)O)C1(C)C. The van der Waals surface area contributed by atoms with Gasteiger partial charge in [0.15, 0.2) is 6.19 Å². The highest BCUT2D eigenvalue weighted by molar-refractivity contribution is 5.08. The Balaban J connectivity index is 2.56. The summed E-state index contributed by atoms with van der Waals surface area (Å²) in [5.74, 6) is 0.997. The average Bonchev–Trinajstić information content (AvgIpc) is 2.66. The Morgan fingerprint density at radius 2 is 2.06 bits per heavy atom. The number of rotatable bonds is 6. The van der Waals surface area contributed by atoms with Gasteiger partial charge >= 0.3 is 0 Å². The van der Waals surface area contributed by atoms with E-state index in [-0.39, 0.29) is 5.41 Å². The minimum Gasteiger partial charge on any atom is -0.390 e. The largest absolute Gasteiger partial charge is 0.390 e. The minimum absolute atomic E-state index is 0.232. The summed E-state index contributed by atoms with van der Waals surface area (Å²) in [6.07, 6.45) is 4.75. The lowest BCUT2D eigenvalue weighted by Gasteiger charge is -2.18.